The highest BCUT2D eigenvalue weighted by Gasteiger charge is 2.29. The maximum absolute atomic E-state index is 12.2. The number of rotatable bonds is 6. The fraction of sp³-hybridized carbons (Fsp3) is 0.562. The molecular formula is C16H25ClN2O2. The molecule has 0 bridgehead atoms. The molecule has 1 fully saturated rings. The van der Waals surface area contributed by atoms with Gasteiger partial charge in [0, 0.05) is 25.6 Å². The summed E-state index contributed by atoms with van der Waals surface area (Å²) in [6, 6.07) is 10.3. The van der Waals surface area contributed by atoms with E-state index in [4.69, 9.17) is 10.5 Å². The molecular weight excluding hydrogens is 288 g/mol. The molecule has 1 amide bonds. The summed E-state index contributed by atoms with van der Waals surface area (Å²) in [6.07, 6.45) is 2.72. The average molecular weight is 313 g/mol. The van der Waals surface area contributed by atoms with E-state index in [1.807, 2.05) is 37.4 Å². The van der Waals surface area contributed by atoms with E-state index in [9.17, 15) is 4.79 Å². The number of benzene rings is 1. The number of hydrogen-bond acceptors (Lipinski definition) is 3. The number of halogens is 1. The van der Waals surface area contributed by atoms with E-state index in [1.165, 1.54) is 0 Å². The Morgan fingerprint density at radius 1 is 1.33 bits per heavy atom. The largest absolute Gasteiger partial charge is 0.375 e. The summed E-state index contributed by atoms with van der Waals surface area (Å²) in [5.74, 6) is 0.324. The second-order valence-electron chi connectivity index (χ2n) is 5.57. The lowest BCUT2D eigenvalue weighted by Crippen LogP contribution is -2.35. The minimum atomic E-state index is 0. The number of ether oxygens (including phenoxy) is 1. The minimum absolute atomic E-state index is 0. The van der Waals surface area contributed by atoms with Crippen LogP contribution in [-0.2, 0) is 16.1 Å². The molecule has 1 saturated carbocycles. The van der Waals surface area contributed by atoms with Crippen LogP contribution in [0.1, 0.15) is 24.8 Å². The Labute approximate surface area is 133 Å². The van der Waals surface area contributed by atoms with Crippen molar-refractivity contribution in [2.75, 3.05) is 20.2 Å². The highest BCUT2D eigenvalue weighted by Crippen LogP contribution is 2.25. The fourth-order valence-electron chi connectivity index (χ4n) is 2.63. The zero-order chi connectivity index (χ0) is 14.4. The van der Waals surface area contributed by atoms with Gasteiger partial charge in [0.15, 0.2) is 0 Å². The van der Waals surface area contributed by atoms with E-state index >= 15 is 0 Å². The van der Waals surface area contributed by atoms with Crippen LogP contribution in [0.2, 0.25) is 0 Å². The molecule has 0 aromatic heterocycles. The Balaban J connectivity index is 0.00000220. The number of nitrogens with zero attached hydrogens (tertiary/aromatic N) is 1. The van der Waals surface area contributed by atoms with Gasteiger partial charge in [0.1, 0.15) is 0 Å². The lowest BCUT2D eigenvalue weighted by molar-refractivity contribution is -0.134. The standard InChI is InChI=1S/C16H24N2O2.ClH/c1-18(16(19)14-7-8-15(17)11-14)9-10-20-12-13-5-3-2-4-6-13;/h2-6,14-15H,7-12,17H2,1H3;1H. The molecule has 0 spiro atoms. The van der Waals surface area contributed by atoms with Crippen molar-refractivity contribution < 1.29 is 9.53 Å². The first-order valence-corrected chi connectivity index (χ1v) is 7.29. The fourth-order valence-corrected chi connectivity index (χ4v) is 2.63. The molecule has 1 aliphatic rings. The normalized spacial score (nSPS) is 20.9. The van der Waals surface area contributed by atoms with Crippen LogP contribution in [0.3, 0.4) is 0 Å². The van der Waals surface area contributed by atoms with Crippen molar-refractivity contribution >= 4 is 18.3 Å². The van der Waals surface area contributed by atoms with Gasteiger partial charge >= 0.3 is 0 Å². The van der Waals surface area contributed by atoms with Crippen LogP contribution in [0.15, 0.2) is 30.3 Å². The maximum Gasteiger partial charge on any atom is 0.225 e. The number of carbonyl (C=O) groups excluding carboxylic acids is 1. The minimum Gasteiger partial charge on any atom is -0.375 e. The van der Waals surface area contributed by atoms with Crippen molar-refractivity contribution in [3.05, 3.63) is 35.9 Å². The Kier molecular flexibility index (Phi) is 7.72. The van der Waals surface area contributed by atoms with Crippen molar-refractivity contribution in [2.24, 2.45) is 11.7 Å². The van der Waals surface area contributed by atoms with Crippen LogP contribution < -0.4 is 5.73 Å². The van der Waals surface area contributed by atoms with Crippen LogP contribution in [0.25, 0.3) is 0 Å². The highest BCUT2D eigenvalue weighted by atomic mass is 35.5. The molecule has 1 aromatic carbocycles. The van der Waals surface area contributed by atoms with Gasteiger partial charge in [-0.25, -0.2) is 0 Å². The average Bonchev–Trinajstić information content (AvgIpc) is 2.90. The Bertz CT molecular complexity index is 428. The Morgan fingerprint density at radius 3 is 2.67 bits per heavy atom. The summed E-state index contributed by atoms with van der Waals surface area (Å²) in [5, 5.41) is 0. The molecule has 4 nitrogen and oxygen atoms in total. The lowest BCUT2D eigenvalue weighted by Gasteiger charge is -2.21. The molecule has 2 rings (SSSR count). The molecule has 118 valence electrons. The van der Waals surface area contributed by atoms with E-state index in [0.717, 1.165) is 24.8 Å². The van der Waals surface area contributed by atoms with Gasteiger partial charge in [0.2, 0.25) is 5.91 Å². The number of nitrogens with two attached hydrogens (primary N) is 1. The number of likely N-dealkylation sites (N-methyl/N-ethyl adjacent to an activating group) is 1. The van der Waals surface area contributed by atoms with E-state index in [0.29, 0.717) is 19.8 Å². The van der Waals surface area contributed by atoms with Gasteiger partial charge in [0.05, 0.1) is 13.2 Å². The third-order valence-electron chi connectivity index (χ3n) is 3.88. The molecule has 21 heavy (non-hydrogen) atoms. The van der Waals surface area contributed by atoms with Crippen molar-refractivity contribution in [1.82, 2.24) is 4.90 Å². The zero-order valence-corrected chi connectivity index (χ0v) is 13.3. The van der Waals surface area contributed by atoms with Crippen molar-refractivity contribution in [1.29, 1.82) is 0 Å². The Morgan fingerprint density at radius 2 is 2.05 bits per heavy atom. The third kappa shape index (κ3) is 5.65. The summed E-state index contributed by atoms with van der Waals surface area (Å²) >= 11 is 0. The van der Waals surface area contributed by atoms with Gasteiger partial charge in [-0.2, -0.15) is 0 Å². The number of hydrogen-bond donors (Lipinski definition) is 1. The number of amides is 1. The van der Waals surface area contributed by atoms with E-state index in [1.54, 1.807) is 4.90 Å². The van der Waals surface area contributed by atoms with Crippen molar-refractivity contribution in [3.8, 4) is 0 Å². The lowest BCUT2D eigenvalue weighted by atomic mass is 10.1. The second kappa shape index (κ2) is 9.03. The Hall–Kier alpha value is -1.10. The molecule has 2 atom stereocenters. The molecule has 0 aliphatic heterocycles. The topological polar surface area (TPSA) is 55.6 Å². The third-order valence-corrected chi connectivity index (χ3v) is 3.88. The highest BCUT2D eigenvalue weighted by molar-refractivity contribution is 5.85. The number of carbonyl (C=O) groups is 1. The first kappa shape index (κ1) is 18.0. The van der Waals surface area contributed by atoms with Crippen LogP contribution in [-0.4, -0.2) is 37.0 Å². The van der Waals surface area contributed by atoms with Gasteiger partial charge in [-0.05, 0) is 24.8 Å². The predicted octanol–water partition coefficient (Wildman–Crippen LogP) is 2.21. The van der Waals surface area contributed by atoms with Gasteiger partial charge in [0.25, 0.3) is 0 Å². The molecule has 1 aliphatic carbocycles. The van der Waals surface area contributed by atoms with E-state index in [-0.39, 0.29) is 30.3 Å². The van der Waals surface area contributed by atoms with Gasteiger partial charge in [-0.15, -0.1) is 12.4 Å². The van der Waals surface area contributed by atoms with Crippen LogP contribution >= 0.6 is 12.4 Å². The van der Waals surface area contributed by atoms with Gasteiger partial charge in [-0.3, -0.25) is 4.79 Å². The first-order chi connectivity index (χ1) is 9.66. The second-order valence-corrected chi connectivity index (χ2v) is 5.57. The molecule has 0 heterocycles. The monoisotopic (exact) mass is 312 g/mol. The SMILES string of the molecule is CN(CCOCc1ccccc1)C(=O)C1CCC(N)C1.Cl. The van der Waals surface area contributed by atoms with Gasteiger partial charge in [-0.1, -0.05) is 30.3 Å². The molecule has 5 heteroatoms. The first-order valence-electron chi connectivity index (χ1n) is 7.29. The van der Waals surface area contributed by atoms with Gasteiger partial charge < -0.3 is 15.4 Å². The van der Waals surface area contributed by atoms with Crippen LogP contribution in [0, 0.1) is 5.92 Å². The summed E-state index contributed by atoms with van der Waals surface area (Å²) in [6.45, 7) is 1.80. The summed E-state index contributed by atoms with van der Waals surface area (Å²) < 4.78 is 5.61. The molecule has 0 saturated heterocycles. The zero-order valence-electron chi connectivity index (χ0n) is 12.5. The molecule has 0 radical (unpaired) electrons. The molecule has 2 unspecified atom stereocenters. The van der Waals surface area contributed by atoms with E-state index in [2.05, 4.69) is 0 Å². The quantitative estimate of drug-likeness (QED) is 0.819. The summed E-state index contributed by atoms with van der Waals surface area (Å²) in [7, 11) is 1.85. The van der Waals surface area contributed by atoms with Crippen molar-refractivity contribution in [3.63, 3.8) is 0 Å². The van der Waals surface area contributed by atoms with E-state index < -0.39 is 0 Å². The van der Waals surface area contributed by atoms with Crippen LogP contribution in [0.4, 0.5) is 0 Å². The molecule has 1 aromatic rings. The summed E-state index contributed by atoms with van der Waals surface area (Å²) in [5.41, 5.74) is 7.01. The molecule has 2 N–H and O–H groups in total. The predicted molar refractivity (Wildman–Crippen MR) is 86.3 cm³/mol. The maximum atomic E-state index is 12.2. The summed E-state index contributed by atoms with van der Waals surface area (Å²) in [4.78, 5) is 13.9. The smallest absolute Gasteiger partial charge is 0.225 e. The van der Waals surface area contributed by atoms with Crippen molar-refractivity contribution in [2.45, 2.75) is 31.9 Å². The van der Waals surface area contributed by atoms with Crippen LogP contribution in [0.5, 0.6) is 0 Å².